The number of hydrogen-bond acceptors (Lipinski definition) is 4. The van der Waals surface area contributed by atoms with Crippen LogP contribution in [0.3, 0.4) is 0 Å². The molecule has 1 atom stereocenters. The Morgan fingerprint density at radius 2 is 2.17 bits per heavy atom. The average molecular weight is 321 g/mol. The summed E-state index contributed by atoms with van der Waals surface area (Å²) in [6.07, 6.45) is 2.08. The molecule has 126 valence electrons. The molecular formula is C16H23N3O4. The van der Waals surface area contributed by atoms with E-state index in [1.54, 1.807) is 12.1 Å². The number of nitrogens with one attached hydrogen (secondary N) is 1. The van der Waals surface area contributed by atoms with Gasteiger partial charge in [0.05, 0.1) is 11.5 Å². The zero-order chi connectivity index (χ0) is 16.7. The first-order valence-electron chi connectivity index (χ1n) is 7.94. The van der Waals surface area contributed by atoms with Crippen molar-refractivity contribution in [1.82, 2.24) is 10.2 Å². The third kappa shape index (κ3) is 5.21. The fourth-order valence-electron chi connectivity index (χ4n) is 2.70. The molecule has 1 heterocycles. The molecule has 1 aliphatic heterocycles. The van der Waals surface area contributed by atoms with E-state index in [9.17, 15) is 14.9 Å². The van der Waals surface area contributed by atoms with Crippen molar-refractivity contribution in [3.8, 4) is 0 Å². The predicted octanol–water partition coefficient (Wildman–Crippen LogP) is 2.55. The van der Waals surface area contributed by atoms with Crippen LogP contribution in [0.1, 0.15) is 25.3 Å². The van der Waals surface area contributed by atoms with E-state index >= 15 is 0 Å². The lowest BCUT2D eigenvalue weighted by molar-refractivity contribution is -0.384. The lowest BCUT2D eigenvalue weighted by Crippen LogP contribution is -2.46. The maximum absolute atomic E-state index is 12.2. The van der Waals surface area contributed by atoms with Crippen molar-refractivity contribution in [3.05, 3.63) is 39.9 Å². The van der Waals surface area contributed by atoms with Gasteiger partial charge in [-0.15, -0.1) is 0 Å². The number of urea groups is 1. The molecule has 0 bridgehead atoms. The summed E-state index contributed by atoms with van der Waals surface area (Å²) in [5.74, 6) is 0.397. The molecule has 7 heteroatoms. The third-order valence-corrected chi connectivity index (χ3v) is 3.95. The van der Waals surface area contributed by atoms with Crippen LogP contribution in [-0.4, -0.2) is 42.2 Å². The number of hydrogen-bond donors (Lipinski definition) is 1. The Kier molecular flexibility index (Phi) is 6.34. The topological polar surface area (TPSA) is 84.7 Å². The zero-order valence-corrected chi connectivity index (χ0v) is 13.4. The van der Waals surface area contributed by atoms with Gasteiger partial charge in [-0.25, -0.2) is 4.79 Å². The molecule has 0 unspecified atom stereocenters. The van der Waals surface area contributed by atoms with Gasteiger partial charge in [0.2, 0.25) is 0 Å². The van der Waals surface area contributed by atoms with Crippen LogP contribution in [0.4, 0.5) is 10.5 Å². The first-order chi connectivity index (χ1) is 11.1. The number of carbonyl (C=O) groups excluding carboxylic acids is 1. The zero-order valence-electron chi connectivity index (χ0n) is 13.4. The first-order valence-corrected chi connectivity index (χ1v) is 7.94. The molecule has 2 rings (SSSR count). The van der Waals surface area contributed by atoms with Gasteiger partial charge in [0.15, 0.2) is 0 Å². The molecular weight excluding hydrogens is 298 g/mol. The summed E-state index contributed by atoms with van der Waals surface area (Å²) in [7, 11) is 0. The van der Waals surface area contributed by atoms with Gasteiger partial charge in [-0.1, -0.05) is 12.1 Å². The van der Waals surface area contributed by atoms with Gasteiger partial charge in [0, 0.05) is 44.3 Å². The van der Waals surface area contributed by atoms with E-state index < -0.39 is 4.92 Å². The Morgan fingerprint density at radius 3 is 2.83 bits per heavy atom. The highest BCUT2D eigenvalue weighted by Crippen LogP contribution is 2.17. The van der Waals surface area contributed by atoms with Crippen molar-refractivity contribution >= 4 is 11.7 Å². The largest absolute Gasteiger partial charge is 0.381 e. The molecule has 23 heavy (non-hydrogen) atoms. The predicted molar refractivity (Wildman–Crippen MR) is 86.1 cm³/mol. The normalized spacial score (nSPS) is 17.8. The molecule has 7 nitrogen and oxygen atoms in total. The number of amides is 2. The Bertz CT molecular complexity index is 533. The Balaban J connectivity index is 1.80. The highest BCUT2D eigenvalue weighted by molar-refractivity contribution is 5.74. The summed E-state index contributed by atoms with van der Waals surface area (Å²) >= 11 is 0. The average Bonchev–Trinajstić information content (AvgIpc) is 2.58. The number of ether oxygens (including phenoxy) is 1. The quantitative estimate of drug-likeness (QED) is 0.644. The molecule has 1 aromatic rings. The number of likely N-dealkylation sites (tertiary alicyclic amines) is 1. The smallest absolute Gasteiger partial charge is 0.317 e. The van der Waals surface area contributed by atoms with Crippen LogP contribution >= 0.6 is 0 Å². The van der Waals surface area contributed by atoms with Crippen LogP contribution in [0.15, 0.2) is 24.3 Å². The minimum atomic E-state index is -0.436. The van der Waals surface area contributed by atoms with Gasteiger partial charge in [-0.3, -0.25) is 10.1 Å². The Labute approximate surface area is 135 Å². The number of rotatable bonds is 6. The third-order valence-electron chi connectivity index (χ3n) is 3.95. The van der Waals surface area contributed by atoms with Gasteiger partial charge >= 0.3 is 6.03 Å². The molecule has 1 saturated heterocycles. The molecule has 0 spiro atoms. The van der Waals surface area contributed by atoms with E-state index in [-0.39, 0.29) is 11.7 Å². The lowest BCUT2D eigenvalue weighted by atomic mass is 9.99. The summed E-state index contributed by atoms with van der Waals surface area (Å²) in [6, 6.07) is 6.12. The number of benzene rings is 1. The van der Waals surface area contributed by atoms with E-state index in [4.69, 9.17) is 4.74 Å². The maximum atomic E-state index is 12.2. The van der Waals surface area contributed by atoms with Gasteiger partial charge in [0.1, 0.15) is 0 Å². The summed E-state index contributed by atoms with van der Waals surface area (Å²) in [5.41, 5.74) is 0.890. The molecule has 0 aliphatic carbocycles. The molecule has 2 amide bonds. The van der Waals surface area contributed by atoms with E-state index in [0.29, 0.717) is 32.2 Å². The van der Waals surface area contributed by atoms with Crippen LogP contribution in [0.25, 0.3) is 0 Å². The standard InChI is InChI=1S/C16H23N3O4/c1-2-23-12-14-4-3-9-18(11-14)16(20)17-10-13-5-7-15(8-6-13)19(21)22/h5-8,14H,2-4,9-12H2,1H3,(H,17,20)/t14-/m0/s1. The van der Waals surface area contributed by atoms with Crippen molar-refractivity contribution in [2.75, 3.05) is 26.3 Å². The van der Waals surface area contributed by atoms with Gasteiger partial charge in [-0.05, 0) is 25.3 Å². The van der Waals surface area contributed by atoms with Crippen LogP contribution < -0.4 is 5.32 Å². The van der Waals surface area contributed by atoms with Gasteiger partial charge < -0.3 is 15.0 Å². The summed E-state index contributed by atoms with van der Waals surface area (Å²) in [4.78, 5) is 24.2. The van der Waals surface area contributed by atoms with E-state index in [1.807, 2.05) is 11.8 Å². The van der Waals surface area contributed by atoms with E-state index in [1.165, 1.54) is 12.1 Å². The highest BCUT2D eigenvalue weighted by Gasteiger charge is 2.23. The van der Waals surface area contributed by atoms with Crippen molar-refractivity contribution < 1.29 is 14.5 Å². The van der Waals surface area contributed by atoms with Crippen molar-refractivity contribution in [1.29, 1.82) is 0 Å². The molecule has 1 aliphatic rings. The molecule has 0 saturated carbocycles. The van der Waals surface area contributed by atoms with Crippen LogP contribution in [0, 0.1) is 16.0 Å². The highest BCUT2D eigenvalue weighted by atomic mass is 16.6. The SMILES string of the molecule is CCOC[C@H]1CCCN(C(=O)NCc2ccc([N+](=O)[O-])cc2)C1. The second-order valence-electron chi connectivity index (χ2n) is 5.70. The Hall–Kier alpha value is -2.15. The minimum absolute atomic E-state index is 0.0508. The minimum Gasteiger partial charge on any atom is -0.381 e. The van der Waals surface area contributed by atoms with Crippen LogP contribution in [0.5, 0.6) is 0 Å². The summed E-state index contributed by atoms with van der Waals surface area (Å²) in [5, 5.41) is 13.5. The van der Waals surface area contributed by atoms with Crippen LogP contribution in [-0.2, 0) is 11.3 Å². The molecule has 0 radical (unpaired) electrons. The number of piperidine rings is 1. The number of non-ortho nitro benzene ring substituents is 1. The summed E-state index contributed by atoms with van der Waals surface area (Å²) in [6.45, 7) is 5.20. The fraction of sp³-hybridized carbons (Fsp3) is 0.562. The molecule has 0 aromatic heterocycles. The lowest BCUT2D eigenvalue weighted by Gasteiger charge is -2.32. The maximum Gasteiger partial charge on any atom is 0.317 e. The van der Waals surface area contributed by atoms with E-state index in [0.717, 1.165) is 24.9 Å². The number of nitro benzene ring substituents is 1. The van der Waals surface area contributed by atoms with Crippen LogP contribution in [0.2, 0.25) is 0 Å². The van der Waals surface area contributed by atoms with Gasteiger partial charge in [-0.2, -0.15) is 0 Å². The van der Waals surface area contributed by atoms with Gasteiger partial charge in [0.25, 0.3) is 5.69 Å². The molecule has 1 fully saturated rings. The molecule has 1 aromatic carbocycles. The number of nitro groups is 1. The van der Waals surface area contributed by atoms with E-state index in [2.05, 4.69) is 5.32 Å². The number of carbonyl (C=O) groups is 1. The van der Waals surface area contributed by atoms with Crippen molar-refractivity contribution in [2.24, 2.45) is 5.92 Å². The van der Waals surface area contributed by atoms with Crippen molar-refractivity contribution in [3.63, 3.8) is 0 Å². The van der Waals surface area contributed by atoms with Crippen molar-refractivity contribution in [2.45, 2.75) is 26.3 Å². The monoisotopic (exact) mass is 321 g/mol. The Morgan fingerprint density at radius 1 is 1.43 bits per heavy atom. The summed E-state index contributed by atoms with van der Waals surface area (Å²) < 4.78 is 5.45. The molecule has 1 N–H and O–H groups in total. The fourth-order valence-corrected chi connectivity index (χ4v) is 2.70. The second kappa shape index (κ2) is 8.47. The second-order valence-corrected chi connectivity index (χ2v) is 5.70. The number of nitrogens with zero attached hydrogens (tertiary/aromatic N) is 2. The first kappa shape index (κ1) is 17.2.